The van der Waals surface area contributed by atoms with E-state index in [0.717, 1.165) is 12.8 Å². The first-order chi connectivity index (χ1) is 11.8. The van der Waals surface area contributed by atoms with E-state index in [9.17, 15) is 23.5 Å². The third-order valence-corrected chi connectivity index (χ3v) is 5.11. The Kier molecular flexibility index (Phi) is 4.67. The van der Waals surface area contributed by atoms with Crippen LogP contribution < -0.4 is 4.74 Å². The van der Waals surface area contributed by atoms with Crippen molar-refractivity contribution in [3.8, 4) is 5.75 Å². The summed E-state index contributed by atoms with van der Waals surface area (Å²) in [6.45, 7) is 0.932. The highest BCUT2D eigenvalue weighted by Crippen LogP contribution is 2.44. The maximum atomic E-state index is 12.8. The van der Waals surface area contributed by atoms with Gasteiger partial charge in [0.15, 0.2) is 0 Å². The van der Waals surface area contributed by atoms with Crippen molar-refractivity contribution in [2.24, 2.45) is 17.8 Å². The molecule has 2 atom stereocenters. The Hall–Kier alpha value is -2.18. The molecule has 136 valence electrons. The molecule has 0 unspecified atom stereocenters. The number of carbonyl (C=O) groups is 2. The van der Waals surface area contributed by atoms with Crippen LogP contribution in [0, 0.1) is 31.6 Å². The summed E-state index contributed by atoms with van der Waals surface area (Å²) in [4.78, 5) is 25.8. The topological polar surface area (TPSA) is 66.8 Å². The molecule has 3 rings (SSSR count). The number of hydrogen-bond acceptors (Lipinski definition) is 3. The Labute approximate surface area is 144 Å². The molecule has 1 heterocycles. The molecule has 5 nitrogen and oxygen atoms in total. The first kappa shape index (κ1) is 17.6. The number of carboxylic acids is 1. The third kappa shape index (κ3) is 3.60. The minimum Gasteiger partial charge on any atom is -0.481 e. The summed E-state index contributed by atoms with van der Waals surface area (Å²) < 4.78 is 29.5. The Balaban J connectivity index is 1.80. The number of likely N-dealkylation sites (tertiary alicyclic amines) is 1. The van der Waals surface area contributed by atoms with Crippen molar-refractivity contribution < 1.29 is 28.2 Å². The van der Waals surface area contributed by atoms with Gasteiger partial charge in [-0.05, 0) is 61.8 Å². The van der Waals surface area contributed by atoms with Crippen molar-refractivity contribution in [2.45, 2.75) is 33.3 Å². The lowest BCUT2D eigenvalue weighted by atomic mass is 9.92. The highest BCUT2D eigenvalue weighted by molar-refractivity contribution is 5.95. The van der Waals surface area contributed by atoms with Crippen LogP contribution in [0.2, 0.25) is 0 Å². The van der Waals surface area contributed by atoms with Gasteiger partial charge in [-0.1, -0.05) is 0 Å². The van der Waals surface area contributed by atoms with Crippen LogP contribution in [0.5, 0.6) is 5.75 Å². The van der Waals surface area contributed by atoms with E-state index >= 15 is 0 Å². The first-order valence-electron chi connectivity index (χ1n) is 8.36. The number of halogens is 2. The van der Waals surface area contributed by atoms with Gasteiger partial charge >= 0.3 is 12.6 Å². The van der Waals surface area contributed by atoms with E-state index in [1.165, 1.54) is 12.1 Å². The minimum absolute atomic E-state index is 0.00471. The van der Waals surface area contributed by atoms with Gasteiger partial charge in [-0.3, -0.25) is 9.59 Å². The number of ether oxygens (including phenoxy) is 1. The predicted octanol–water partition coefficient (Wildman–Crippen LogP) is 3.09. The molecule has 2 fully saturated rings. The van der Waals surface area contributed by atoms with Gasteiger partial charge in [0, 0.05) is 18.7 Å². The van der Waals surface area contributed by atoms with Crippen molar-refractivity contribution in [1.29, 1.82) is 0 Å². The average Bonchev–Trinajstić information content (AvgIpc) is 3.28. The molecule has 1 N–H and O–H groups in total. The molecule has 1 aliphatic carbocycles. The van der Waals surface area contributed by atoms with E-state index in [1.807, 2.05) is 0 Å². The van der Waals surface area contributed by atoms with Crippen molar-refractivity contribution in [3.63, 3.8) is 0 Å². The van der Waals surface area contributed by atoms with E-state index in [0.29, 0.717) is 29.2 Å². The molecule has 25 heavy (non-hydrogen) atoms. The van der Waals surface area contributed by atoms with E-state index < -0.39 is 18.5 Å². The van der Waals surface area contributed by atoms with E-state index in [4.69, 9.17) is 0 Å². The summed E-state index contributed by atoms with van der Waals surface area (Å²) in [7, 11) is 0. The molecule has 1 saturated carbocycles. The maximum absolute atomic E-state index is 12.8. The molecule has 7 heteroatoms. The summed E-state index contributed by atoms with van der Waals surface area (Å²) in [5.41, 5.74) is 1.28. The molecule has 0 bridgehead atoms. The molecule has 1 aromatic carbocycles. The largest absolute Gasteiger partial charge is 0.481 e. The van der Waals surface area contributed by atoms with Crippen molar-refractivity contribution in [3.05, 3.63) is 28.8 Å². The van der Waals surface area contributed by atoms with E-state index in [-0.39, 0.29) is 24.1 Å². The summed E-state index contributed by atoms with van der Waals surface area (Å²) in [5.74, 6) is -1.17. The second kappa shape index (κ2) is 6.61. The van der Waals surface area contributed by atoms with Gasteiger partial charge in [0.1, 0.15) is 5.75 Å². The van der Waals surface area contributed by atoms with E-state index in [1.54, 1.807) is 18.7 Å². The van der Waals surface area contributed by atoms with Crippen molar-refractivity contribution in [1.82, 2.24) is 4.90 Å². The van der Waals surface area contributed by atoms with Crippen LogP contribution in [0.1, 0.15) is 34.3 Å². The second-order valence-electron chi connectivity index (χ2n) is 6.97. The molecular weight excluding hydrogens is 332 g/mol. The summed E-state index contributed by atoms with van der Waals surface area (Å²) in [5, 5.41) is 9.41. The Morgan fingerprint density at radius 2 is 1.80 bits per heavy atom. The van der Waals surface area contributed by atoms with Gasteiger partial charge in [0.05, 0.1) is 5.92 Å². The molecule has 2 aliphatic rings. The quantitative estimate of drug-likeness (QED) is 0.883. The second-order valence-corrected chi connectivity index (χ2v) is 6.97. The van der Waals surface area contributed by atoms with Gasteiger partial charge in [-0.2, -0.15) is 8.78 Å². The monoisotopic (exact) mass is 353 g/mol. The number of nitrogens with zero attached hydrogens (tertiary/aromatic N) is 1. The molecule has 1 aromatic rings. The number of aryl methyl sites for hydroxylation is 2. The normalized spacial score (nSPS) is 23.2. The summed E-state index contributed by atoms with van der Waals surface area (Å²) in [6.07, 6.45) is 2.04. The smallest absolute Gasteiger partial charge is 0.387 e. The lowest BCUT2D eigenvalue weighted by molar-refractivity contribution is -0.142. The fraction of sp³-hybridized carbons (Fsp3) is 0.556. The lowest BCUT2D eigenvalue weighted by Crippen LogP contribution is -2.30. The zero-order valence-corrected chi connectivity index (χ0v) is 14.2. The average molecular weight is 353 g/mol. The first-order valence-corrected chi connectivity index (χ1v) is 8.36. The highest BCUT2D eigenvalue weighted by Gasteiger charge is 2.47. The standard InChI is InChI=1S/C18H21F2NO4/c1-9-5-12(6-10(2)15(9)25-18(19)20)16(22)21-7-13(11-3-4-11)14(8-21)17(23)24/h5-6,11,13-14,18H,3-4,7-8H2,1-2H3,(H,23,24)/t13-,14+/m1/s1. The van der Waals surface area contributed by atoms with Gasteiger partial charge in [0.2, 0.25) is 0 Å². The third-order valence-electron chi connectivity index (χ3n) is 5.11. The number of alkyl halides is 2. The Morgan fingerprint density at radius 3 is 2.28 bits per heavy atom. The number of aliphatic carboxylic acids is 1. The SMILES string of the molecule is Cc1cc(C(=O)N2C[C@H](C(=O)O)[C@@H](C3CC3)C2)cc(C)c1OC(F)F. The number of carboxylic acid groups (broad SMARTS) is 1. The zero-order valence-electron chi connectivity index (χ0n) is 14.2. The summed E-state index contributed by atoms with van der Waals surface area (Å²) >= 11 is 0. The number of carbonyl (C=O) groups excluding carboxylic acids is 1. The van der Waals surface area contributed by atoms with Crippen LogP contribution >= 0.6 is 0 Å². The molecule has 0 spiro atoms. The molecule has 1 saturated heterocycles. The Morgan fingerprint density at radius 1 is 1.20 bits per heavy atom. The van der Waals surface area contributed by atoms with Crippen LogP contribution in [-0.4, -0.2) is 41.6 Å². The fourth-order valence-electron chi connectivity index (χ4n) is 3.79. The van der Waals surface area contributed by atoms with Crippen LogP contribution in [0.4, 0.5) is 8.78 Å². The number of hydrogen-bond donors (Lipinski definition) is 1. The molecule has 1 aliphatic heterocycles. The van der Waals surface area contributed by atoms with Crippen LogP contribution in [-0.2, 0) is 4.79 Å². The molecular formula is C18H21F2NO4. The maximum Gasteiger partial charge on any atom is 0.387 e. The van der Waals surface area contributed by atoms with Crippen LogP contribution in [0.3, 0.4) is 0 Å². The minimum atomic E-state index is -2.92. The molecule has 0 aromatic heterocycles. The van der Waals surface area contributed by atoms with Crippen LogP contribution in [0.15, 0.2) is 12.1 Å². The highest BCUT2D eigenvalue weighted by atomic mass is 19.3. The predicted molar refractivity (Wildman–Crippen MR) is 85.8 cm³/mol. The number of rotatable bonds is 5. The number of amides is 1. The Bertz CT molecular complexity index is 679. The van der Waals surface area contributed by atoms with Crippen molar-refractivity contribution in [2.75, 3.05) is 13.1 Å². The van der Waals surface area contributed by atoms with E-state index in [2.05, 4.69) is 4.74 Å². The van der Waals surface area contributed by atoms with Gasteiger partial charge in [-0.25, -0.2) is 0 Å². The van der Waals surface area contributed by atoms with Gasteiger partial charge in [-0.15, -0.1) is 0 Å². The number of benzene rings is 1. The lowest BCUT2D eigenvalue weighted by Gasteiger charge is -2.18. The van der Waals surface area contributed by atoms with Gasteiger partial charge < -0.3 is 14.7 Å². The zero-order chi connectivity index (χ0) is 18.3. The summed E-state index contributed by atoms with van der Waals surface area (Å²) in [6, 6.07) is 3.04. The fourth-order valence-corrected chi connectivity index (χ4v) is 3.79. The van der Waals surface area contributed by atoms with Gasteiger partial charge in [0.25, 0.3) is 5.91 Å². The van der Waals surface area contributed by atoms with Crippen molar-refractivity contribution >= 4 is 11.9 Å². The van der Waals surface area contributed by atoms with Crippen LogP contribution in [0.25, 0.3) is 0 Å². The molecule has 0 radical (unpaired) electrons. The molecule has 1 amide bonds.